The molecule has 2 amide bonds. The van der Waals surface area contributed by atoms with Gasteiger partial charge in [0.15, 0.2) is 0 Å². The van der Waals surface area contributed by atoms with Gasteiger partial charge < -0.3 is 10.6 Å². The second-order valence-electron chi connectivity index (χ2n) is 6.15. The monoisotopic (exact) mass is 342 g/mol. The van der Waals surface area contributed by atoms with Crippen molar-refractivity contribution in [1.82, 2.24) is 30.3 Å². The molecule has 2 aromatic rings. The Kier molecular flexibility index (Phi) is 5.39. The van der Waals surface area contributed by atoms with Gasteiger partial charge >= 0.3 is 0 Å². The van der Waals surface area contributed by atoms with E-state index in [4.69, 9.17) is 0 Å². The van der Waals surface area contributed by atoms with E-state index in [1.807, 2.05) is 18.3 Å². The number of carbonyl (C=O) groups is 2. The van der Waals surface area contributed by atoms with Gasteiger partial charge in [-0.15, -0.1) is 0 Å². The lowest BCUT2D eigenvalue weighted by atomic mass is 10.0. The number of nitrogens with zero attached hydrogens (tertiary/aromatic N) is 4. The molecule has 0 aliphatic carbocycles. The van der Waals surface area contributed by atoms with Crippen LogP contribution in [0.15, 0.2) is 43.0 Å². The van der Waals surface area contributed by atoms with Crippen LogP contribution < -0.4 is 10.6 Å². The number of amides is 2. The van der Waals surface area contributed by atoms with Crippen LogP contribution >= 0.6 is 0 Å². The Bertz CT molecular complexity index is 703. The van der Waals surface area contributed by atoms with Crippen molar-refractivity contribution in [3.63, 3.8) is 0 Å². The number of carbonyl (C=O) groups excluding carboxylic acids is 2. The molecule has 132 valence electrons. The summed E-state index contributed by atoms with van der Waals surface area (Å²) in [5, 5.41) is 9.70. The summed E-state index contributed by atoms with van der Waals surface area (Å²) in [5.74, 6) is -0.479. The first-order valence-electron chi connectivity index (χ1n) is 8.25. The van der Waals surface area contributed by atoms with E-state index in [9.17, 15) is 9.59 Å². The van der Waals surface area contributed by atoms with Crippen molar-refractivity contribution in [2.24, 2.45) is 5.92 Å². The van der Waals surface area contributed by atoms with Gasteiger partial charge in [-0.3, -0.25) is 24.2 Å². The summed E-state index contributed by atoms with van der Waals surface area (Å²) < 4.78 is 1.56. The zero-order valence-corrected chi connectivity index (χ0v) is 14.1. The van der Waals surface area contributed by atoms with Crippen LogP contribution in [0.4, 0.5) is 0 Å². The number of aromatic nitrogens is 3. The maximum atomic E-state index is 12.3. The van der Waals surface area contributed by atoms with Gasteiger partial charge in [0.2, 0.25) is 11.8 Å². The van der Waals surface area contributed by atoms with E-state index < -0.39 is 0 Å². The lowest BCUT2D eigenvalue weighted by Gasteiger charge is -2.18. The van der Waals surface area contributed by atoms with Crippen LogP contribution in [-0.4, -0.2) is 57.7 Å². The van der Waals surface area contributed by atoms with E-state index >= 15 is 0 Å². The second kappa shape index (κ2) is 7.89. The van der Waals surface area contributed by atoms with E-state index in [1.165, 1.54) is 0 Å². The third-order valence-corrected chi connectivity index (χ3v) is 4.32. The molecule has 0 spiro atoms. The Balaban J connectivity index is 1.63. The molecule has 1 aliphatic heterocycles. The molecule has 0 unspecified atom stereocenters. The molecule has 1 fully saturated rings. The molecular formula is C17H22N6O2. The van der Waals surface area contributed by atoms with Crippen LogP contribution in [0, 0.1) is 5.92 Å². The quantitative estimate of drug-likeness (QED) is 0.748. The first-order chi connectivity index (χ1) is 12.2. The Labute approximate surface area is 146 Å². The maximum absolute atomic E-state index is 12.3. The predicted molar refractivity (Wildman–Crippen MR) is 91.2 cm³/mol. The molecule has 2 aromatic heterocycles. The van der Waals surface area contributed by atoms with Crippen LogP contribution in [0.5, 0.6) is 0 Å². The molecule has 3 heterocycles. The summed E-state index contributed by atoms with van der Waals surface area (Å²) in [4.78, 5) is 30.7. The summed E-state index contributed by atoms with van der Waals surface area (Å²) in [6.07, 6.45) is 6.92. The molecule has 0 bridgehead atoms. The molecular weight excluding hydrogens is 320 g/mol. The van der Waals surface area contributed by atoms with Gasteiger partial charge in [0, 0.05) is 51.5 Å². The van der Waals surface area contributed by atoms with Crippen molar-refractivity contribution in [3.05, 3.63) is 48.5 Å². The second-order valence-corrected chi connectivity index (χ2v) is 6.15. The number of nitrogens with one attached hydrogen (secondary N) is 2. The van der Waals surface area contributed by atoms with Crippen molar-refractivity contribution >= 4 is 11.8 Å². The normalized spacial score (nSPS) is 20.4. The summed E-state index contributed by atoms with van der Waals surface area (Å²) in [6.45, 7) is 2.07. The average molecular weight is 342 g/mol. The minimum Gasteiger partial charge on any atom is -0.359 e. The molecule has 2 atom stereocenters. The number of hydrogen-bond acceptors (Lipinski definition) is 5. The molecule has 0 radical (unpaired) electrons. The van der Waals surface area contributed by atoms with Gasteiger partial charge in [0.25, 0.3) is 0 Å². The molecule has 1 saturated heterocycles. The highest BCUT2D eigenvalue weighted by Crippen LogP contribution is 2.19. The van der Waals surface area contributed by atoms with Crippen LogP contribution in [-0.2, 0) is 22.7 Å². The highest BCUT2D eigenvalue weighted by Gasteiger charge is 2.38. The minimum atomic E-state index is -0.275. The maximum Gasteiger partial charge on any atom is 0.242 e. The van der Waals surface area contributed by atoms with E-state index in [0.717, 1.165) is 5.56 Å². The fourth-order valence-corrected chi connectivity index (χ4v) is 3.16. The summed E-state index contributed by atoms with van der Waals surface area (Å²) >= 11 is 0. The van der Waals surface area contributed by atoms with E-state index in [2.05, 4.69) is 25.6 Å². The Hall–Kier alpha value is -2.74. The van der Waals surface area contributed by atoms with Crippen molar-refractivity contribution in [3.8, 4) is 0 Å². The average Bonchev–Trinajstić information content (AvgIpc) is 3.25. The summed E-state index contributed by atoms with van der Waals surface area (Å²) in [5.41, 5.74) is 1.08. The molecule has 0 saturated carbocycles. The lowest BCUT2D eigenvalue weighted by Crippen LogP contribution is -2.46. The van der Waals surface area contributed by atoms with Gasteiger partial charge in [-0.2, -0.15) is 5.10 Å². The SMILES string of the molecule is CNC(=O)[C@H]1CN(Cc2cccnc2)C[C@@H]1NC(=O)Cn1cccn1. The number of rotatable bonds is 6. The van der Waals surface area contributed by atoms with Gasteiger partial charge in [0.05, 0.1) is 12.0 Å². The topological polar surface area (TPSA) is 92.2 Å². The number of pyridine rings is 1. The largest absolute Gasteiger partial charge is 0.359 e. The van der Waals surface area contributed by atoms with E-state index in [1.54, 1.807) is 36.4 Å². The first-order valence-corrected chi connectivity index (χ1v) is 8.25. The Morgan fingerprint density at radius 1 is 1.28 bits per heavy atom. The molecule has 0 aromatic carbocycles. The Morgan fingerprint density at radius 2 is 2.16 bits per heavy atom. The van der Waals surface area contributed by atoms with Crippen molar-refractivity contribution in [2.75, 3.05) is 20.1 Å². The Morgan fingerprint density at radius 3 is 2.84 bits per heavy atom. The minimum absolute atomic E-state index is 0.0573. The fourth-order valence-electron chi connectivity index (χ4n) is 3.16. The third-order valence-electron chi connectivity index (χ3n) is 4.32. The highest BCUT2D eigenvalue weighted by molar-refractivity contribution is 5.82. The smallest absolute Gasteiger partial charge is 0.242 e. The van der Waals surface area contributed by atoms with Crippen molar-refractivity contribution < 1.29 is 9.59 Å². The molecule has 3 rings (SSSR count). The predicted octanol–water partition coefficient (Wildman–Crippen LogP) is -0.359. The standard InChI is InChI=1S/C17H22N6O2/c1-18-17(25)14-10-22(9-13-4-2-5-19-8-13)11-15(14)21-16(24)12-23-7-3-6-20-23/h2-8,14-15H,9-12H2,1H3,(H,18,25)(H,21,24)/t14-,15-/m0/s1. The van der Waals surface area contributed by atoms with Crippen LogP contribution in [0.3, 0.4) is 0 Å². The summed E-state index contributed by atoms with van der Waals surface area (Å²) in [7, 11) is 1.62. The zero-order chi connectivity index (χ0) is 17.6. The van der Waals surface area contributed by atoms with Crippen LogP contribution in [0.1, 0.15) is 5.56 Å². The van der Waals surface area contributed by atoms with Gasteiger partial charge in [-0.25, -0.2) is 0 Å². The van der Waals surface area contributed by atoms with Gasteiger partial charge in [0.1, 0.15) is 6.54 Å². The molecule has 8 heteroatoms. The van der Waals surface area contributed by atoms with Crippen molar-refractivity contribution in [1.29, 1.82) is 0 Å². The van der Waals surface area contributed by atoms with Crippen molar-refractivity contribution in [2.45, 2.75) is 19.1 Å². The van der Waals surface area contributed by atoms with Crippen LogP contribution in [0.2, 0.25) is 0 Å². The van der Waals surface area contributed by atoms with E-state index in [0.29, 0.717) is 19.6 Å². The fraction of sp³-hybridized carbons (Fsp3) is 0.412. The third kappa shape index (κ3) is 4.42. The van der Waals surface area contributed by atoms with Gasteiger partial charge in [-0.1, -0.05) is 6.07 Å². The zero-order valence-electron chi connectivity index (χ0n) is 14.1. The molecule has 8 nitrogen and oxygen atoms in total. The van der Waals surface area contributed by atoms with Crippen LogP contribution in [0.25, 0.3) is 0 Å². The molecule has 1 aliphatic rings. The lowest BCUT2D eigenvalue weighted by molar-refractivity contribution is -0.126. The molecule has 25 heavy (non-hydrogen) atoms. The highest BCUT2D eigenvalue weighted by atomic mass is 16.2. The van der Waals surface area contributed by atoms with Gasteiger partial charge in [-0.05, 0) is 17.7 Å². The summed E-state index contributed by atoms with van der Waals surface area (Å²) in [6, 6.07) is 5.45. The van der Waals surface area contributed by atoms with E-state index in [-0.39, 0.29) is 30.3 Å². The number of likely N-dealkylation sites (tertiary alicyclic amines) is 1. The first kappa shape index (κ1) is 17.1. The molecule has 2 N–H and O–H groups in total. The number of hydrogen-bond donors (Lipinski definition) is 2.